The molecular formula is C12H11ClN6OS. The Morgan fingerprint density at radius 2 is 2.43 bits per heavy atom. The highest BCUT2D eigenvalue weighted by molar-refractivity contribution is 7.99. The Morgan fingerprint density at radius 3 is 3.19 bits per heavy atom. The average Bonchev–Trinajstić information content (AvgIpc) is 3.14. The molecule has 21 heavy (non-hydrogen) atoms. The summed E-state index contributed by atoms with van der Waals surface area (Å²) in [6, 6.07) is 5.33. The van der Waals surface area contributed by atoms with Crippen LogP contribution in [0.2, 0.25) is 5.02 Å². The summed E-state index contributed by atoms with van der Waals surface area (Å²) < 4.78 is 7.28. The van der Waals surface area contributed by atoms with E-state index >= 15 is 0 Å². The molecule has 0 spiro atoms. The summed E-state index contributed by atoms with van der Waals surface area (Å²) in [6.45, 7) is 1.41. The molecule has 1 aliphatic rings. The molecular weight excluding hydrogens is 312 g/mol. The number of tetrazole rings is 1. The first kappa shape index (κ1) is 14.3. The molecule has 7 nitrogen and oxygen atoms in total. The van der Waals surface area contributed by atoms with Crippen LogP contribution in [0.5, 0.6) is 0 Å². The molecule has 0 amide bonds. The lowest BCUT2D eigenvalue weighted by Crippen LogP contribution is -2.16. The second-order valence-corrected chi connectivity index (χ2v) is 5.87. The van der Waals surface area contributed by atoms with Crippen LogP contribution in [0, 0.1) is 11.3 Å². The average molecular weight is 323 g/mol. The van der Waals surface area contributed by atoms with Crippen LogP contribution in [0.15, 0.2) is 22.3 Å². The van der Waals surface area contributed by atoms with Crippen molar-refractivity contribution in [2.24, 2.45) is 0 Å². The van der Waals surface area contributed by atoms with Crippen molar-refractivity contribution in [2.75, 3.05) is 6.61 Å². The number of hydrogen-bond donors (Lipinski definition) is 0. The maximum atomic E-state index is 8.95. The Bertz CT molecular complexity index is 679. The monoisotopic (exact) mass is 322 g/mol. The van der Waals surface area contributed by atoms with Crippen LogP contribution >= 0.6 is 23.4 Å². The van der Waals surface area contributed by atoms with E-state index in [0.29, 0.717) is 21.7 Å². The van der Waals surface area contributed by atoms with Gasteiger partial charge in [0.15, 0.2) is 5.69 Å². The molecule has 0 saturated carbocycles. The van der Waals surface area contributed by atoms with Gasteiger partial charge in [-0.25, -0.2) is 9.67 Å². The second-order valence-electron chi connectivity index (χ2n) is 4.47. The summed E-state index contributed by atoms with van der Waals surface area (Å²) in [5.41, 5.74) is 0.194. The van der Waals surface area contributed by atoms with Gasteiger partial charge in [-0.1, -0.05) is 11.6 Å². The SMILES string of the molecule is N#Cc1nc(Sc2nnnn2CC2CCCO2)ccc1Cl. The van der Waals surface area contributed by atoms with Crippen LogP contribution in [-0.2, 0) is 11.3 Å². The molecule has 0 radical (unpaired) electrons. The van der Waals surface area contributed by atoms with E-state index < -0.39 is 0 Å². The quantitative estimate of drug-likeness (QED) is 0.849. The summed E-state index contributed by atoms with van der Waals surface area (Å²) in [4.78, 5) is 4.17. The fourth-order valence-corrected chi connectivity index (χ4v) is 2.92. The molecule has 2 aromatic heterocycles. The minimum Gasteiger partial charge on any atom is -0.376 e. The third-order valence-corrected chi connectivity index (χ3v) is 4.24. The summed E-state index contributed by atoms with van der Waals surface area (Å²) in [5, 5.41) is 22.2. The van der Waals surface area contributed by atoms with Crippen molar-refractivity contribution < 1.29 is 4.74 Å². The lowest BCUT2D eigenvalue weighted by molar-refractivity contribution is 0.0912. The Hall–Kier alpha value is -1.69. The zero-order chi connectivity index (χ0) is 14.7. The zero-order valence-electron chi connectivity index (χ0n) is 10.9. The van der Waals surface area contributed by atoms with E-state index in [0.717, 1.165) is 19.4 Å². The maximum absolute atomic E-state index is 8.95. The van der Waals surface area contributed by atoms with Crippen LogP contribution in [0.3, 0.4) is 0 Å². The molecule has 3 heterocycles. The Morgan fingerprint density at radius 1 is 1.52 bits per heavy atom. The first-order chi connectivity index (χ1) is 10.3. The standard InChI is InChI=1S/C12H11ClN6OS/c13-9-3-4-11(15-10(9)6-14)21-12-16-17-18-19(12)7-8-2-1-5-20-8/h3-4,8H,1-2,5,7H2. The molecule has 0 bridgehead atoms. The minimum absolute atomic E-state index is 0.153. The van der Waals surface area contributed by atoms with Crippen LogP contribution < -0.4 is 0 Å². The van der Waals surface area contributed by atoms with Crippen LogP contribution in [0.4, 0.5) is 0 Å². The molecule has 1 unspecified atom stereocenters. The fourth-order valence-electron chi connectivity index (χ4n) is 2.02. The van der Waals surface area contributed by atoms with Crippen molar-refractivity contribution >= 4 is 23.4 Å². The number of aromatic nitrogens is 5. The van der Waals surface area contributed by atoms with E-state index in [-0.39, 0.29) is 11.8 Å². The summed E-state index contributed by atoms with van der Waals surface area (Å²) in [7, 11) is 0. The van der Waals surface area contributed by atoms with Crippen molar-refractivity contribution in [1.29, 1.82) is 5.26 Å². The normalized spacial score (nSPS) is 17.8. The Balaban J connectivity index is 1.76. The van der Waals surface area contributed by atoms with Gasteiger partial charge >= 0.3 is 0 Å². The molecule has 3 rings (SSSR count). The van der Waals surface area contributed by atoms with Gasteiger partial charge in [-0.3, -0.25) is 0 Å². The van der Waals surface area contributed by atoms with Gasteiger partial charge in [-0.2, -0.15) is 5.26 Å². The Kier molecular flexibility index (Phi) is 4.34. The number of nitriles is 1. The lowest BCUT2D eigenvalue weighted by Gasteiger charge is -2.09. The highest BCUT2D eigenvalue weighted by Crippen LogP contribution is 2.26. The van der Waals surface area contributed by atoms with E-state index in [1.165, 1.54) is 11.8 Å². The van der Waals surface area contributed by atoms with E-state index in [9.17, 15) is 0 Å². The van der Waals surface area contributed by atoms with Gasteiger partial charge in [-0.15, -0.1) is 5.10 Å². The molecule has 0 N–H and O–H groups in total. The molecule has 1 aliphatic heterocycles. The van der Waals surface area contributed by atoms with E-state index in [2.05, 4.69) is 20.5 Å². The second kappa shape index (κ2) is 6.39. The largest absolute Gasteiger partial charge is 0.376 e. The highest BCUT2D eigenvalue weighted by Gasteiger charge is 2.19. The Labute approximate surface area is 130 Å². The number of halogens is 1. The van der Waals surface area contributed by atoms with Gasteiger partial charge in [0, 0.05) is 6.61 Å². The van der Waals surface area contributed by atoms with Gasteiger partial charge < -0.3 is 4.74 Å². The molecule has 2 aromatic rings. The third kappa shape index (κ3) is 3.32. The predicted molar refractivity (Wildman–Crippen MR) is 74.9 cm³/mol. The number of rotatable bonds is 4. The zero-order valence-corrected chi connectivity index (χ0v) is 12.5. The summed E-state index contributed by atoms with van der Waals surface area (Å²) in [6.07, 6.45) is 2.24. The van der Waals surface area contributed by atoms with Crippen LogP contribution in [0.25, 0.3) is 0 Å². The van der Waals surface area contributed by atoms with E-state index in [1.54, 1.807) is 16.8 Å². The summed E-state index contributed by atoms with van der Waals surface area (Å²) >= 11 is 7.16. The molecule has 0 aliphatic carbocycles. The van der Waals surface area contributed by atoms with Crippen molar-refractivity contribution in [2.45, 2.75) is 35.7 Å². The van der Waals surface area contributed by atoms with Crippen LogP contribution in [0.1, 0.15) is 18.5 Å². The van der Waals surface area contributed by atoms with Crippen molar-refractivity contribution in [3.63, 3.8) is 0 Å². The highest BCUT2D eigenvalue weighted by atomic mass is 35.5. The molecule has 1 saturated heterocycles. The number of ether oxygens (including phenoxy) is 1. The van der Waals surface area contributed by atoms with Gasteiger partial charge in [0.05, 0.1) is 17.7 Å². The fraction of sp³-hybridized carbons (Fsp3) is 0.417. The first-order valence-electron chi connectivity index (χ1n) is 6.38. The smallest absolute Gasteiger partial charge is 0.215 e. The molecule has 1 atom stereocenters. The van der Waals surface area contributed by atoms with Crippen molar-refractivity contribution in [1.82, 2.24) is 25.2 Å². The van der Waals surface area contributed by atoms with Gasteiger partial charge in [0.25, 0.3) is 0 Å². The van der Waals surface area contributed by atoms with Crippen molar-refractivity contribution in [3.05, 3.63) is 22.8 Å². The number of pyridine rings is 1. The molecule has 1 fully saturated rings. The van der Waals surface area contributed by atoms with Crippen molar-refractivity contribution in [3.8, 4) is 6.07 Å². The van der Waals surface area contributed by atoms with E-state index in [4.69, 9.17) is 21.6 Å². The lowest BCUT2D eigenvalue weighted by atomic mass is 10.2. The van der Waals surface area contributed by atoms with Crippen LogP contribution in [-0.4, -0.2) is 37.9 Å². The van der Waals surface area contributed by atoms with Gasteiger partial charge in [0.2, 0.25) is 5.16 Å². The molecule has 108 valence electrons. The van der Waals surface area contributed by atoms with E-state index in [1.807, 2.05) is 6.07 Å². The van der Waals surface area contributed by atoms with Gasteiger partial charge in [0.1, 0.15) is 11.1 Å². The number of hydrogen-bond acceptors (Lipinski definition) is 7. The number of nitrogens with zero attached hydrogens (tertiary/aromatic N) is 6. The molecule has 9 heteroatoms. The summed E-state index contributed by atoms with van der Waals surface area (Å²) in [5.74, 6) is 0. The predicted octanol–water partition coefficient (Wildman–Crippen LogP) is 1.92. The van der Waals surface area contributed by atoms with Gasteiger partial charge in [-0.05, 0) is 47.2 Å². The topological polar surface area (TPSA) is 89.5 Å². The first-order valence-corrected chi connectivity index (χ1v) is 7.58. The maximum Gasteiger partial charge on any atom is 0.215 e. The molecule has 0 aromatic carbocycles. The minimum atomic E-state index is 0.153. The third-order valence-electron chi connectivity index (χ3n) is 3.02.